The molecule has 19 heavy (non-hydrogen) atoms. The van der Waals surface area contributed by atoms with E-state index in [0.717, 1.165) is 5.56 Å². The fourth-order valence-electron chi connectivity index (χ4n) is 1.64. The van der Waals surface area contributed by atoms with Gasteiger partial charge < -0.3 is 10.1 Å². The second-order valence-corrected chi connectivity index (χ2v) is 4.27. The summed E-state index contributed by atoms with van der Waals surface area (Å²) in [4.78, 5) is 15.5. The minimum atomic E-state index is -0.445. The molecule has 1 N–H and O–H groups in total. The summed E-state index contributed by atoms with van der Waals surface area (Å²) < 4.78 is 4.71. The van der Waals surface area contributed by atoms with E-state index in [-0.39, 0.29) is 0 Å². The Morgan fingerprint density at radius 1 is 1.37 bits per heavy atom. The summed E-state index contributed by atoms with van der Waals surface area (Å²) in [5.74, 6) is -0.445. The summed E-state index contributed by atoms with van der Waals surface area (Å²) in [5.41, 5.74) is 2.07. The van der Waals surface area contributed by atoms with E-state index in [1.54, 1.807) is 6.07 Å². The van der Waals surface area contributed by atoms with Crippen molar-refractivity contribution >= 4 is 23.3 Å². The number of benzene rings is 1. The Morgan fingerprint density at radius 3 is 2.79 bits per heavy atom. The molecule has 0 radical (unpaired) electrons. The average Bonchev–Trinajstić information content (AvgIpc) is 2.45. The lowest BCUT2D eigenvalue weighted by atomic mass is 10.2. The van der Waals surface area contributed by atoms with Crippen LogP contribution in [0.5, 0.6) is 0 Å². The number of ether oxygens (including phenoxy) is 1. The fraction of sp³-hybridized carbons (Fsp3) is 0.143. The Balaban J connectivity index is 2.19. The summed E-state index contributed by atoms with van der Waals surface area (Å²) in [5, 5.41) is 3.48. The van der Waals surface area contributed by atoms with Gasteiger partial charge in [0, 0.05) is 12.7 Å². The van der Waals surface area contributed by atoms with Crippen LogP contribution in [0.4, 0.5) is 5.69 Å². The van der Waals surface area contributed by atoms with Gasteiger partial charge in [-0.3, -0.25) is 0 Å². The molecule has 4 nitrogen and oxygen atoms in total. The van der Waals surface area contributed by atoms with E-state index in [2.05, 4.69) is 10.3 Å². The number of aromatic nitrogens is 1. The molecule has 0 aliphatic rings. The second kappa shape index (κ2) is 6.20. The first-order valence-corrected chi connectivity index (χ1v) is 6.10. The SMILES string of the molecule is COC(=O)c1cnc(Cl)cc1NCc1ccccc1. The van der Waals surface area contributed by atoms with Crippen LogP contribution in [0.15, 0.2) is 42.6 Å². The van der Waals surface area contributed by atoms with Crippen LogP contribution in [-0.2, 0) is 11.3 Å². The molecule has 0 saturated heterocycles. The van der Waals surface area contributed by atoms with Crippen molar-refractivity contribution < 1.29 is 9.53 Å². The lowest BCUT2D eigenvalue weighted by molar-refractivity contribution is 0.0601. The van der Waals surface area contributed by atoms with Crippen LogP contribution >= 0.6 is 11.6 Å². The van der Waals surface area contributed by atoms with E-state index in [1.807, 2.05) is 30.3 Å². The number of carbonyl (C=O) groups excluding carboxylic acids is 1. The molecule has 0 atom stereocenters. The van der Waals surface area contributed by atoms with Crippen LogP contribution in [0.1, 0.15) is 15.9 Å². The van der Waals surface area contributed by atoms with Crippen LogP contribution < -0.4 is 5.32 Å². The molecule has 2 rings (SSSR count). The second-order valence-electron chi connectivity index (χ2n) is 3.88. The zero-order valence-electron chi connectivity index (χ0n) is 10.4. The van der Waals surface area contributed by atoms with Gasteiger partial charge in [0.1, 0.15) is 10.7 Å². The summed E-state index contributed by atoms with van der Waals surface area (Å²) in [6, 6.07) is 11.5. The molecule has 2 aromatic rings. The lowest BCUT2D eigenvalue weighted by Crippen LogP contribution is -2.09. The first-order chi connectivity index (χ1) is 9.20. The van der Waals surface area contributed by atoms with Crippen LogP contribution in [0.25, 0.3) is 0 Å². The summed E-state index contributed by atoms with van der Waals surface area (Å²) in [7, 11) is 1.33. The summed E-state index contributed by atoms with van der Waals surface area (Å²) in [6.07, 6.45) is 1.40. The Kier molecular flexibility index (Phi) is 4.36. The molecule has 0 fully saturated rings. The Labute approximate surface area is 116 Å². The van der Waals surface area contributed by atoms with Gasteiger partial charge in [-0.15, -0.1) is 0 Å². The monoisotopic (exact) mass is 276 g/mol. The molecule has 0 spiro atoms. The zero-order chi connectivity index (χ0) is 13.7. The highest BCUT2D eigenvalue weighted by Crippen LogP contribution is 2.20. The predicted octanol–water partition coefficient (Wildman–Crippen LogP) is 3.13. The Hall–Kier alpha value is -2.07. The maximum absolute atomic E-state index is 11.6. The molecule has 0 aliphatic heterocycles. The summed E-state index contributed by atoms with van der Waals surface area (Å²) in [6.45, 7) is 0.588. The molecule has 0 amide bonds. The molecule has 5 heteroatoms. The van der Waals surface area contributed by atoms with Crippen molar-refractivity contribution in [3.63, 3.8) is 0 Å². The topological polar surface area (TPSA) is 51.2 Å². The predicted molar refractivity (Wildman–Crippen MR) is 74.4 cm³/mol. The van der Waals surface area contributed by atoms with Crippen molar-refractivity contribution in [3.05, 3.63) is 58.9 Å². The van der Waals surface area contributed by atoms with Gasteiger partial charge in [-0.05, 0) is 11.6 Å². The van der Waals surface area contributed by atoms with Gasteiger partial charge in [-0.25, -0.2) is 9.78 Å². The number of methoxy groups -OCH3 is 1. The maximum Gasteiger partial charge on any atom is 0.341 e. The first kappa shape index (κ1) is 13.4. The highest BCUT2D eigenvalue weighted by Gasteiger charge is 2.12. The maximum atomic E-state index is 11.6. The van der Waals surface area contributed by atoms with Crippen LogP contribution in [0.3, 0.4) is 0 Å². The Morgan fingerprint density at radius 2 is 2.11 bits per heavy atom. The normalized spacial score (nSPS) is 10.0. The van der Waals surface area contributed by atoms with Crippen molar-refractivity contribution in [2.75, 3.05) is 12.4 Å². The highest BCUT2D eigenvalue weighted by atomic mass is 35.5. The number of nitrogens with zero attached hydrogens (tertiary/aromatic N) is 1. The average molecular weight is 277 g/mol. The molecule has 0 saturated carbocycles. The molecule has 1 aromatic heterocycles. The minimum absolute atomic E-state index is 0.322. The molecule has 0 unspecified atom stereocenters. The number of nitrogens with one attached hydrogen (secondary N) is 1. The molecule has 1 heterocycles. The van der Waals surface area contributed by atoms with Crippen LogP contribution in [0, 0.1) is 0 Å². The molecule has 0 aliphatic carbocycles. The van der Waals surface area contributed by atoms with E-state index in [0.29, 0.717) is 22.9 Å². The minimum Gasteiger partial charge on any atom is -0.465 e. The third kappa shape index (κ3) is 3.45. The van der Waals surface area contributed by atoms with Crippen molar-refractivity contribution in [3.8, 4) is 0 Å². The van der Waals surface area contributed by atoms with E-state index in [4.69, 9.17) is 16.3 Å². The Bertz CT molecular complexity index is 573. The molecule has 0 bridgehead atoms. The highest BCUT2D eigenvalue weighted by molar-refractivity contribution is 6.29. The summed E-state index contributed by atoms with van der Waals surface area (Å²) >= 11 is 5.84. The van der Waals surface area contributed by atoms with Gasteiger partial charge in [-0.2, -0.15) is 0 Å². The van der Waals surface area contributed by atoms with E-state index in [1.165, 1.54) is 13.3 Å². The number of halogens is 1. The van der Waals surface area contributed by atoms with E-state index in [9.17, 15) is 4.79 Å². The standard InChI is InChI=1S/C14H13ClN2O2/c1-19-14(18)11-9-17-13(15)7-12(11)16-8-10-5-3-2-4-6-10/h2-7,9H,8H2,1H3,(H,16,17). The van der Waals surface area contributed by atoms with Gasteiger partial charge in [0.15, 0.2) is 0 Å². The van der Waals surface area contributed by atoms with Gasteiger partial charge in [-0.1, -0.05) is 41.9 Å². The third-order valence-corrected chi connectivity index (χ3v) is 2.81. The fourth-order valence-corrected chi connectivity index (χ4v) is 1.80. The third-order valence-electron chi connectivity index (χ3n) is 2.60. The number of hydrogen-bond donors (Lipinski definition) is 1. The number of anilines is 1. The number of carbonyl (C=O) groups is 1. The van der Waals surface area contributed by atoms with E-state index < -0.39 is 5.97 Å². The smallest absolute Gasteiger partial charge is 0.341 e. The first-order valence-electron chi connectivity index (χ1n) is 5.72. The van der Waals surface area contributed by atoms with Crippen LogP contribution in [0.2, 0.25) is 5.15 Å². The van der Waals surface area contributed by atoms with Crippen molar-refractivity contribution in [2.45, 2.75) is 6.54 Å². The van der Waals surface area contributed by atoms with E-state index >= 15 is 0 Å². The van der Waals surface area contributed by atoms with Crippen molar-refractivity contribution in [2.24, 2.45) is 0 Å². The number of rotatable bonds is 4. The van der Waals surface area contributed by atoms with Crippen molar-refractivity contribution in [1.82, 2.24) is 4.98 Å². The largest absolute Gasteiger partial charge is 0.465 e. The van der Waals surface area contributed by atoms with Gasteiger partial charge in [0.25, 0.3) is 0 Å². The molecular formula is C14H13ClN2O2. The quantitative estimate of drug-likeness (QED) is 0.688. The van der Waals surface area contributed by atoms with Crippen molar-refractivity contribution in [1.29, 1.82) is 0 Å². The van der Waals surface area contributed by atoms with Gasteiger partial charge in [0.05, 0.1) is 12.8 Å². The molecular weight excluding hydrogens is 264 g/mol. The molecule has 1 aromatic carbocycles. The number of esters is 1. The van der Waals surface area contributed by atoms with Crippen LogP contribution in [-0.4, -0.2) is 18.1 Å². The molecule has 98 valence electrons. The number of pyridine rings is 1. The number of hydrogen-bond acceptors (Lipinski definition) is 4. The van der Waals surface area contributed by atoms with Gasteiger partial charge >= 0.3 is 5.97 Å². The zero-order valence-corrected chi connectivity index (χ0v) is 11.1. The lowest BCUT2D eigenvalue weighted by Gasteiger charge is -2.10. The van der Waals surface area contributed by atoms with Gasteiger partial charge in [0.2, 0.25) is 0 Å².